The first kappa shape index (κ1) is 17.7. The van der Waals surface area contributed by atoms with Gasteiger partial charge in [-0.3, -0.25) is 14.2 Å². The Bertz CT molecular complexity index is 918. The van der Waals surface area contributed by atoms with Gasteiger partial charge in [0.1, 0.15) is 0 Å². The Morgan fingerprint density at radius 1 is 1.36 bits per heavy atom. The Hall–Kier alpha value is -2.12. The number of aromatic nitrogens is 4. The van der Waals surface area contributed by atoms with Crippen LogP contribution in [0.25, 0.3) is 0 Å². The van der Waals surface area contributed by atoms with Gasteiger partial charge in [-0.15, -0.1) is 0 Å². The van der Waals surface area contributed by atoms with Crippen LogP contribution in [-0.2, 0) is 13.1 Å². The van der Waals surface area contributed by atoms with Crippen LogP contribution in [0.3, 0.4) is 0 Å². The first-order chi connectivity index (χ1) is 12.0. The van der Waals surface area contributed by atoms with Crippen LogP contribution in [0, 0.1) is 6.92 Å². The summed E-state index contributed by atoms with van der Waals surface area (Å²) in [6.07, 6.45) is 3.38. The van der Waals surface area contributed by atoms with Crippen LogP contribution in [0.1, 0.15) is 28.5 Å². The normalized spacial score (nSPS) is 10.9. The minimum atomic E-state index is -0.235. The Morgan fingerprint density at radius 3 is 2.80 bits per heavy atom. The van der Waals surface area contributed by atoms with Gasteiger partial charge in [-0.25, -0.2) is 0 Å². The highest BCUT2D eigenvalue weighted by Gasteiger charge is 2.17. The maximum atomic E-state index is 12.5. The largest absolute Gasteiger partial charge is 0.304 e. The minimum Gasteiger partial charge on any atom is -0.304 e. The number of aryl methyl sites for hydroxylation is 1. The molecular weight excluding hydrogens is 406 g/mol. The maximum absolute atomic E-state index is 12.5. The fourth-order valence-corrected chi connectivity index (χ4v) is 3.14. The molecule has 0 atom stereocenters. The lowest BCUT2D eigenvalue weighted by Gasteiger charge is -2.05. The van der Waals surface area contributed by atoms with Gasteiger partial charge in [-0.1, -0.05) is 29.8 Å². The van der Waals surface area contributed by atoms with Crippen molar-refractivity contribution in [3.8, 4) is 0 Å². The van der Waals surface area contributed by atoms with Gasteiger partial charge in [0.25, 0.3) is 5.91 Å². The Labute approximate surface area is 158 Å². The second-order valence-electron chi connectivity index (χ2n) is 5.53. The SMILES string of the molecule is CCn1ncc(C(=O)Nc2nn(Cc3ccccc3Cl)cc2Br)c1C. The number of anilines is 1. The summed E-state index contributed by atoms with van der Waals surface area (Å²) < 4.78 is 4.21. The average molecular weight is 423 g/mol. The Kier molecular flexibility index (Phi) is 5.24. The van der Waals surface area contributed by atoms with Crippen molar-refractivity contribution in [2.75, 3.05) is 5.32 Å². The predicted octanol–water partition coefficient (Wildman–Crippen LogP) is 4.12. The van der Waals surface area contributed by atoms with Crippen molar-refractivity contribution in [1.29, 1.82) is 0 Å². The van der Waals surface area contributed by atoms with Gasteiger partial charge in [0.05, 0.1) is 22.8 Å². The second kappa shape index (κ2) is 7.41. The molecule has 6 nitrogen and oxygen atoms in total. The van der Waals surface area contributed by atoms with Crippen LogP contribution in [0.15, 0.2) is 41.1 Å². The first-order valence-electron chi connectivity index (χ1n) is 7.79. The van der Waals surface area contributed by atoms with Crippen molar-refractivity contribution in [2.24, 2.45) is 0 Å². The molecule has 0 aliphatic rings. The zero-order chi connectivity index (χ0) is 18.0. The zero-order valence-corrected chi connectivity index (χ0v) is 16.2. The van der Waals surface area contributed by atoms with E-state index in [1.54, 1.807) is 21.8 Å². The lowest BCUT2D eigenvalue weighted by molar-refractivity contribution is 0.102. The number of hydrogen-bond donors (Lipinski definition) is 1. The van der Waals surface area contributed by atoms with Gasteiger partial charge in [-0.2, -0.15) is 10.2 Å². The molecule has 0 saturated carbocycles. The van der Waals surface area contributed by atoms with E-state index in [1.165, 1.54) is 0 Å². The number of halogens is 2. The number of nitrogens with zero attached hydrogens (tertiary/aromatic N) is 4. The fourth-order valence-electron chi connectivity index (χ4n) is 2.53. The molecule has 0 aliphatic carbocycles. The van der Waals surface area contributed by atoms with Crippen LogP contribution < -0.4 is 5.32 Å². The maximum Gasteiger partial charge on any atom is 0.260 e. The number of carbonyl (C=O) groups excluding carboxylic acids is 1. The Morgan fingerprint density at radius 2 is 2.12 bits per heavy atom. The minimum absolute atomic E-state index is 0.235. The number of carbonyl (C=O) groups is 1. The van der Waals surface area contributed by atoms with E-state index < -0.39 is 0 Å². The highest BCUT2D eigenvalue weighted by molar-refractivity contribution is 9.10. The van der Waals surface area contributed by atoms with Gasteiger partial charge in [0.2, 0.25) is 0 Å². The average Bonchev–Trinajstić information content (AvgIpc) is 3.12. The van der Waals surface area contributed by atoms with Crippen molar-refractivity contribution in [3.63, 3.8) is 0 Å². The number of rotatable bonds is 5. The quantitative estimate of drug-likeness (QED) is 0.672. The van der Waals surface area contributed by atoms with E-state index in [0.29, 0.717) is 27.4 Å². The van der Waals surface area contributed by atoms with Crippen LogP contribution in [0.5, 0.6) is 0 Å². The third-order valence-electron chi connectivity index (χ3n) is 3.89. The van der Waals surface area contributed by atoms with Crippen LogP contribution >= 0.6 is 27.5 Å². The van der Waals surface area contributed by atoms with E-state index >= 15 is 0 Å². The molecule has 1 aromatic carbocycles. The third-order valence-corrected chi connectivity index (χ3v) is 4.84. The molecule has 2 heterocycles. The molecule has 8 heteroatoms. The molecule has 0 bridgehead atoms. The van der Waals surface area contributed by atoms with Crippen molar-refractivity contribution in [3.05, 3.63) is 63.0 Å². The summed E-state index contributed by atoms with van der Waals surface area (Å²) in [5, 5.41) is 12.1. The number of nitrogens with one attached hydrogen (secondary N) is 1. The van der Waals surface area contributed by atoms with Crippen LogP contribution in [-0.4, -0.2) is 25.5 Å². The molecule has 2 aromatic heterocycles. The highest BCUT2D eigenvalue weighted by Crippen LogP contribution is 2.23. The lowest BCUT2D eigenvalue weighted by Crippen LogP contribution is -2.14. The molecule has 25 heavy (non-hydrogen) atoms. The summed E-state index contributed by atoms with van der Waals surface area (Å²) in [5.41, 5.74) is 2.32. The summed E-state index contributed by atoms with van der Waals surface area (Å²) >= 11 is 9.62. The smallest absolute Gasteiger partial charge is 0.260 e. The van der Waals surface area contributed by atoms with Gasteiger partial charge in [0, 0.05) is 23.5 Å². The summed E-state index contributed by atoms with van der Waals surface area (Å²) in [6, 6.07) is 7.59. The van der Waals surface area contributed by atoms with Gasteiger partial charge in [0.15, 0.2) is 5.82 Å². The highest BCUT2D eigenvalue weighted by atomic mass is 79.9. The summed E-state index contributed by atoms with van der Waals surface area (Å²) in [7, 11) is 0. The number of hydrogen-bond acceptors (Lipinski definition) is 3. The van der Waals surface area contributed by atoms with E-state index in [-0.39, 0.29) is 5.91 Å². The molecule has 3 rings (SSSR count). The van der Waals surface area contributed by atoms with Gasteiger partial charge >= 0.3 is 0 Å². The standard InChI is InChI=1S/C17H17BrClN5O/c1-3-24-11(2)13(8-20-24)17(25)21-16-14(18)10-23(22-16)9-12-6-4-5-7-15(12)19/h4-8,10H,3,9H2,1-2H3,(H,21,22,25). The molecule has 0 saturated heterocycles. The fraction of sp³-hybridized carbons (Fsp3) is 0.235. The zero-order valence-electron chi connectivity index (χ0n) is 13.8. The summed E-state index contributed by atoms with van der Waals surface area (Å²) in [4.78, 5) is 12.5. The van der Waals surface area contributed by atoms with Gasteiger partial charge in [-0.05, 0) is 41.4 Å². The molecule has 130 valence electrons. The Balaban J connectivity index is 1.77. The molecule has 0 spiro atoms. The first-order valence-corrected chi connectivity index (χ1v) is 8.96. The van der Waals surface area contributed by atoms with Crippen molar-refractivity contribution in [2.45, 2.75) is 26.9 Å². The van der Waals surface area contributed by atoms with Crippen molar-refractivity contribution >= 4 is 39.3 Å². The van der Waals surface area contributed by atoms with E-state index in [4.69, 9.17) is 11.6 Å². The molecule has 0 aliphatic heterocycles. The molecule has 0 unspecified atom stereocenters. The monoisotopic (exact) mass is 421 g/mol. The van der Waals surface area contributed by atoms with Crippen molar-refractivity contribution < 1.29 is 4.79 Å². The van der Waals surface area contributed by atoms with Gasteiger partial charge < -0.3 is 5.32 Å². The molecule has 1 amide bonds. The van der Waals surface area contributed by atoms with E-state index in [9.17, 15) is 4.79 Å². The van der Waals surface area contributed by atoms with E-state index in [1.807, 2.05) is 38.1 Å². The topological polar surface area (TPSA) is 64.7 Å². The second-order valence-corrected chi connectivity index (χ2v) is 6.79. The van der Waals surface area contributed by atoms with E-state index in [2.05, 4.69) is 31.4 Å². The van der Waals surface area contributed by atoms with Crippen LogP contribution in [0.4, 0.5) is 5.82 Å². The number of amides is 1. The summed E-state index contributed by atoms with van der Waals surface area (Å²) in [5.74, 6) is 0.224. The molecule has 0 radical (unpaired) electrons. The van der Waals surface area contributed by atoms with E-state index in [0.717, 1.165) is 17.8 Å². The van der Waals surface area contributed by atoms with Crippen LogP contribution in [0.2, 0.25) is 5.02 Å². The predicted molar refractivity (Wildman–Crippen MR) is 101 cm³/mol. The summed E-state index contributed by atoms with van der Waals surface area (Å²) in [6.45, 7) is 5.08. The van der Waals surface area contributed by atoms with Crippen molar-refractivity contribution in [1.82, 2.24) is 19.6 Å². The lowest BCUT2D eigenvalue weighted by atomic mass is 10.2. The third kappa shape index (κ3) is 3.77. The molecule has 3 aromatic rings. The molecule has 0 fully saturated rings. The molecule has 1 N–H and O–H groups in total. The molecular formula is C17H17BrClN5O. The number of benzene rings is 1.